The van der Waals surface area contributed by atoms with Gasteiger partial charge in [-0.3, -0.25) is 0 Å². The molecule has 2 heterocycles. The van der Waals surface area contributed by atoms with E-state index in [1.807, 2.05) is 6.92 Å². The van der Waals surface area contributed by atoms with Gasteiger partial charge in [-0.2, -0.15) is 4.80 Å². The van der Waals surface area contributed by atoms with Gasteiger partial charge in [-0.1, -0.05) is 11.6 Å². The van der Waals surface area contributed by atoms with Crippen molar-refractivity contribution in [2.45, 2.75) is 19.5 Å². The summed E-state index contributed by atoms with van der Waals surface area (Å²) in [5, 5.41) is 12.4. The zero-order valence-corrected chi connectivity index (χ0v) is 13.5. The van der Waals surface area contributed by atoms with E-state index in [1.165, 1.54) is 11.0 Å². The highest BCUT2D eigenvalue weighted by Gasteiger charge is 2.10. The molecule has 124 valence electrons. The maximum atomic E-state index is 13.7. The van der Waals surface area contributed by atoms with Gasteiger partial charge >= 0.3 is 0 Å². The van der Waals surface area contributed by atoms with Crippen LogP contribution in [-0.4, -0.2) is 31.2 Å². The number of ether oxygens (including phenoxy) is 1. The summed E-state index contributed by atoms with van der Waals surface area (Å²) in [7, 11) is 0. The molecule has 3 rings (SSSR count). The Hall–Kier alpha value is -2.58. The summed E-state index contributed by atoms with van der Waals surface area (Å²) >= 11 is 5.65. The first-order valence-electron chi connectivity index (χ1n) is 7.14. The third kappa shape index (κ3) is 3.84. The lowest BCUT2D eigenvalue weighted by Gasteiger charge is -2.06. The van der Waals surface area contributed by atoms with Crippen molar-refractivity contribution in [2.24, 2.45) is 5.73 Å². The van der Waals surface area contributed by atoms with E-state index in [4.69, 9.17) is 22.1 Å². The molecular formula is C15H14ClFN6O. The lowest BCUT2D eigenvalue weighted by Crippen LogP contribution is -2.23. The molecule has 1 aromatic carbocycles. The van der Waals surface area contributed by atoms with Gasteiger partial charge in [-0.25, -0.2) is 9.37 Å². The molecule has 0 spiro atoms. The fraction of sp³-hybridized carbons (Fsp3) is 0.200. The van der Waals surface area contributed by atoms with E-state index in [2.05, 4.69) is 20.4 Å². The summed E-state index contributed by atoms with van der Waals surface area (Å²) in [5.41, 5.74) is 6.45. The number of nitrogens with zero attached hydrogens (tertiary/aromatic N) is 5. The van der Waals surface area contributed by atoms with Gasteiger partial charge in [0.2, 0.25) is 5.82 Å². The Morgan fingerprint density at radius 1 is 1.33 bits per heavy atom. The maximum absolute atomic E-state index is 13.7. The van der Waals surface area contributed by atoms with Gasteiger partial charge in [0.15, 0.2) is 5.82 Å². The molecule has 0 aliphatic carbocycles. The first kappa shape index (κ1) is 16.3. The lowest BCUT2D eigenvalue weighted by atomic mass is 10.2. The quantitative estimate of drug-likeness (QED) is 0.762. The predicted octanol–water partition coefficient (Wildman–Crippen LogP) is 2.67. The zero-order valence-electron chi connectivity index (χ0n) is 12.7. The number of hydrogen-bond acceptors (Lipinski definition) is 6. The third-order valence-electron chi connectivity index (χ3n) is 3.01. The van der Waals surface area contributed by atoms with E-state index in [0.717, 1.165) is 11.6 Å². The molecule has 0 fully saturated rings. The second kappa shape index (κ2) is 6.90. The van der Waals surface area contributed by atoms with Crippen molar-refractivity contribution in [3.05, 3.63) is 47.4 Å². The van der Waals surface area contributed by atoms with E-state index >= 15 is 0 Å². The van der Waals surface area contributed by atoms with Crippen molar-refractivity contribution >= 4 is 11.6 Å². The number of rotatable bonds is 5. The molecule has 0 aliphatic heterocycles. The van der Waals surface area contributed by atoms with Crippen LogP contribution in [0.5, 0.6) is 11.6 Å². The van der Waals surface area contributed by atoms with E-state index < -0.39 is 5.82 Å². The van der Waals surface area contributed by atoms with E-state index in [9.17, 15) is 4.39 Å². The van der Waals surface area contributed by atoms with Crippen LogP contribution in [0, 0.1) is 5.82 Å². The Bertz CT molecular complexity index is 836. The van der Waals surface area contributed by atoms with Gasteiger partial charge in [0.05, 0.1) is 11.6 Å². The standard InChI is InChI=1S/C15H14ClFN6O/c1-9(18)8-23-21-14(20-22-23)10-2-4-12(5-3-10)24-15-13(17)6-11(16)7-19-15/h2-7,9H,8,18H2,1H3/t9-/m1/s1. The number of pyridine rings is 1. The van der Waals surface area contributed by atoms with Gasteiger partial charge in [0.25, 0.3) is 5.88 Å². The molecule has 0 unspecified atom stereocenters. The van der Waals surface area contributed by atoms with Crippen LogP contribution in [0.25, 0.3) is 11.4 Å². The molecule has 7 nitrogen and oxygen atoms in total. The highest BCUT2D eigenvalue weighted by atomic mass is 35.5. The Kier molecular flexibility index (Phi) is 4.68. The van der Waals surface area contributed by atoms with Crippen LogP contribution in [0.1, 0.15) is 6.92 Å². The number of halogens is 2. The molecule has 2 aromatic heterocycles. The summed E-state index contributed by atoms with van der Waals surface area (Å²) in [6.07, 6.45) is 1.31. The zero-order chi connectivity index (χ0) is 17.1. The van der Waals surface area contributed by atoms with E-state index in [1.54, 1.807) is 24.3 Å². The van der Waals surface area contributed by atoms with Crippen molar-refractivity contribution in [1.82, 2.24) is 25.2 Å². The van der Waals surface area contributed by atoms with Gasteiger partial charge in [-0.15, -0.1) is 10.2 Å². The molecular weight excluding hydrogens is 335 g/mol. The van der Waals surface area contributed by atoms with Gasteiger partial charge < -0.3 is 10.5 Å². The van der Waals surface area contributed by atoms with Crippen molar-refractivity contribution < 1.29 is 9.13 Å². The summed E-state index contributed by atoms with van der Waals surface area (Å²) < 4.78 is 19.1. The minimum absolute atomic E-state index is 0.0652. The number of tetrazole rings is 1. The minimum atomic E-state index is -0.632. The Labute approximate surface area is 142 Å². The Balaban J connectivity index is 1.74. The van der Waals surface area contributed by atoms with Crippen molar-refractivity contribution in [3.63, 3.8) is 0 Å². The molecule has 24 heavy (non-hydrogen) atoms. The number of nitrogens with two attached hydrogens (primary N) is 1. The molecule has 3 aromatic rings. The Morgan fingerprint density at radius 2 is 2.08 bits per heavy atom. The minimum Gasteiger partial charge on any atom is -0.436 e. The van der Waals surface area contributed by atoms with Crippen LogP contribution in [0.15, 0.2) is 36.5 Å². The third-order valence-corrected chi connectivity index (χ3v) is 3.21. The smallest absolute Gasteiger partial charge is 0.255 e. The normalized spacial score (nSPS) is 12.2. The van der Waals surface area contributed by atoms with Crippen molar-refractivity contribution in [2.75, 3.05) is 0 Å². The average Bonchev–Trinajstić information content (AvgIpc) is 2.98. The highest BCUT2D eigenvalue weighted by molar-refractivity contribution is 6.30. The molecule has 0 saturated carbocycles. The Morgan fingerprint density at radius 3 is 2.75 bits per heavy atom. The number of aromatic nitrogens is 5. The molecule has 0 bridgehead atoms. The summed E-state index contributed by atoms with van der Waals surface area (Å²) in [6.45, 7) is 2.34. The highest BCUT2D eigenvalue weighted by Crippen LogP contribution is 2.25. The van der Waals surface area contributed by atoms with Crippen LogP contribution in [-0.2, 0) is 6.54 Å². The molecule has 0 saturated heterocycles. The van der Waals surface area contributed by atoms with Crippen LogP contribution in [0.4, 0.5) is 4.39 Å². The topological polar surface area (TPSA) is 91.7 Å². The predicted molar refractivity (Wildman–Crippen MR) is 86.2 cm³/mol. The molecule has 9 heteroatoms. The number of benzene rings is 1. The first-order chi connectivity index (χ1) is 11.5. The maximum Gasteiger partial charge on any atom is 0.255 e. The SMILES string of the molecule is C[C@@H](N)Cn1nnc(-c2ccc(Oc3ncc(Cl)cc3F)cc2)n1. The fourth-order valence-corrected chi connectivity index (χ4v) is 2.10. The summed E-state index contributed by atoms with van der Waals surface area (Å²) in [5.74, 6) is 0.119. The number of hydrogen-bond donors (Lipinski definition) is 1. The van der Waals surface area contributed by atoms with Gasteiger partial charge in [0, 0.05) is 17.8 Å². The molecule has 0 radical (unpaired) electrons. The largest absolute Gasteiger partial charge is 0.436 e. The van der Waals surface area contributed by atoms with Crippen molar-refractivity contribution in [3.8, 4) is 23.0 Å². The van der Waals surface area contributed by atoms with Crippen LogP contribution in [0.3, 0.4) is 0 Å². The molecule has 0 amide bonds. The summed E-state index contributed by atoms with van der Waals surface area (Å²) in [6, 6.07) is 7.89. The van der Waals surface area contributed by atoms with E-state index in [0.29, 0.717) is 18.1 Å². The molecule has 1 atom stereocenters. The monoisotopic (exact) mass is 348 g/mol. The van der Waals surface area contributed by atoms with Gasteiger partial charge in [0.1, 0.15) is 5.75 Å². The van der Waals surface area contributed by atoms with Crippen molar-refractivity contribution in [1.29, 1.82) is 0 Å². The fourth-order valence-electron chi connectivity index (χ4n) is 1.95. The average molecular weight is 349 g/mol. The van der Waals surface area contributed by atoms with Gasteiger partial charge in [-0.05, 0) is 42.5 Å². The molecule has 2 N–H and O–H groups in total. The summed E-state index contributed by atoms with van der Waals surface area (Å²) in [4.78, 5) is 5.25. The second-order valence-electron chi connectivity index (χ2n) is 5.21. The van der Waals surface area contributed by atoms with E-state index in [-0.39, 0.29) is 16.9 Å². The molecule has 0 aliphatic rings. The van der Waals surface area contributed by atoms with Crippen LogP contribution in [0.2, 0.25) is 5.02 Å². The lowest BCUT2D eigenvalue weighted by molar-refractivity contribution is 0.423. The second-order valence-corrected chi connectivity index (χ2v) is 5.65. The first-order valence-corrected chi connectivity index (χ1v) is 7.52. The van der Waals surface area contributed by atoms with Crippen LogP contribution < -0.4 is 10.5 Å². The van der Waals surface area contributed by atoms with Crippen LogP contribution >= 0.6 is 11.6 Å².